The highest BCUT2D eigenvalue weighted by molar-refractivity contribution is 5.98. The van der Waals surface area contributed by atoms with Crippen molar-refractivity contribution in [3.8, 4) is 0 Å². The monoisotopic (exact) mass is 168 g/mol. The molecule has 12 heavy (non-hydrogen) atoms. The van der Waals surface area contributed by atoms with Gasteiger partial charge in [-0.05, 0) is 23.8 Å². The molecule has 0 radical (unpaired) electrons. The summed E-state index contributed by atoms with van der Waals surface area (Å²) in [6.07, 6.45) is 0. The van der Waals surface area contributed by atoms with Crippen molar-refractivity contribution >= 4 is 5.78 Å². The lowest BCUT2D eigenvalue weighted by molar-refractivity contribution is -0.117. The molecular weight excluding hydrogens is 152 g/mol. The van der Waals surface area contributed by atoms with Crippen LogP contribution in [-0.2, 0) is 4.79 Å². The third-order valence-electron chi connectivity index (χ3n) is 2.95. The molecular formula is C10H16O2. The van der Waals surface area contributed by atoms with Gasteiger partial charge in [-0.3, -0.25) is 4.79 Å². The van der Waals surface area contributed by atoms with Gasteiger partial charge >= 0.3 is 0 Å². The van der Waals surface area contributed by atoms with E-state index in [-0.39, 0.29) is 29.6 Å². The van der Waals surface area contributed by atoms with Crippen molar-refractivity contribution in [1.82, 2.24) is 0 Å². The summed E-state index contributed by atoms with van der Waals surface area (Å²) in [5, 5.41) is 8.96. The van der Waals surface area contributed by atoms with Gasteiger partial charge in [-0.1, -0.05) is 20.4 Å². The first kappa shape index (κ1) is 9.46. The molecule has 0 aromatic rings. The summed E-state index contributed by atoms with van der Waals surface area (Å²) in [4.78, 5) is 11.5. The van der Waals surface area contributed by atoms with Crippen LogP contribution in [0.3, 0.4) is 0 Å². The second-order valence-corrected chi connectivity index (χ2v) is 4.23. The Kier molecular flexibility index (Phi) is 2.13. The maximum absolute atomic E-state index is 11.5. The van der Waals surface area contributed by atoms with Crippen LogP contribution in [0.1, 0.15) is 20.8 Å². The van der Waals surface area contributed by atoms with Gasteiger partial charge in [0, 0.05) is 12.5 Å². The highest BCUT2D eigenvalue weighted by Gasteiger charge is 2.60. The minimum absolute atomic E-state index is 0.000000000000000444. The number of allylic oxidation sites excluding steroid dienone is 1. The summed E-state index contributed by atoms with van der Waals surface area (Å²) in [5.74, 6) is 0.251. The van der Waals surface area contributed by atoms with Gasteiger partial charge in [0.25, 0.3) is 0 Å². The lowest BCUT2D eigenvalue weighted by atomic mass is 10.0. The van der Waals surface area contributed by atoms with E-state index >= 15 is 0 Å². The van der Waals surface area contributed by atoms with Crippen molar-refractivity contribution in [2.45, 2.75) is 20.8 Å². The van der Waals surface area contributed by atoms with E-state index in [4.69, 9.17) is 5.11 Å². The van der Waals surface area contributed by atoms with E-state index in [1.54, 1.807) is 6.92 Å². The maximum Gasteiger partial charge on any atom is 0.161 e. The van der Waals surface area contributed by atoms with Crippen molar-refractivity contribution in [3.05, 3.63) is 12.2 Å². The molecule has 0 aromatic heterocycles. The Morgan fingerprint density at radius 3 is 2.33 bits per heavy atom. The second kappa shape index (κ2) is 2.70. The van der Waals surface area contributed by atoms with Crippen LogP contribution in [0.15, 0.2) is 12.2 Å². The summed E-state index contributed by atoms with van der Waals surface area (Å²) in [7, 11) is 0. The summed E-state index contributed by atoms with van der Waals surface area (Å²) >= 11 is 0. The molecule has 1 N–H and O–H groups in total. The third-order valence-corrected chi connectivity index (χ3v) is 2.95. The van der Waals surface area contributed by atoms with Gasteiger partial charge in [0.15, 0.2) is 5.78 Å². The van der Waals surface area contributed by atoms with Crippen LogP contribution < -0.4 is 0 Å². The molecule has 2 nitrogen and oxygen atoms in total. The van der Waals surface area contributed by atoms with Crippen LogP contribution in [0.5, 0.6) is 0 Å². The molecule has 0 aliphatic heterocycles. The first-order valence-electron chi connectivity index (χ1n) is 4.23. The number of hydrogen-bond donors (Lipinski definition) is 1. The van der Waals surface area contributed by atoms with Crippen molar-refractivity contribution in [2.24, 2.45) is 17.3 Å². The Morgan fingerprint density at radius 1 is 1.58 bits per heavy atom. The molecule has 1 rings (SSSR count). The molecule has 0 amide bonds. The lowest BCUT2D eigenvalue weighted by Crippen LogP contribution is -2.06. The lowest BCUT2D eigenvalue weighted by Gasteiger charge is -2.00. The number of hydrogen-bond acceptors (Lipinski definition) is 2. The quantitative estimate of drug-likeness (QED) is 0.647. The predicted octanol–water partition coefficient (Wildman–Crippen LogP) is 1.40. The number of carbonyl (C=O) groups is 1. The zero-order valence-electron chi connectivity index (χ0n) is 7.92. The van der Waals surface area contributed by atoms with E-state index in [1.165, 1.54) is 0 Å². The molecule has 2 heteroatoms. The molecule has 1 fully saturated rings. The normalized spacial score (nSPS) is 31.3. The molecule has 0 spiro atoms. The SMILES string of the molecule is C=C(C)C(=O)[C@@H]1[C@@H](CO)C1(C)C. The molecule has 0 saturated heterocycles. The predicted molar refractivity (Wildman–Crippen MR) is 47.7 cm³/mol. The number of rotatable bonds is 3. The average Bonchev–Trinajstić information content (AvgIpc) is 2.50. The average molecular weight is 168 g/mol. The Hall–Kier alpha value is -0.630. The fraction of sp³-hybridized carbons (Fsp3) is 0.700. The van der Waals surface area contributed by atoms with Gasteiger partial charge in [-0.15, -0.1) is 0 Å². The molecule has 0 heterocycles. The first-order valence-corrected chi connectivity index (χ1v) is 4.23. The zero-order valence-corrected chi connectivity index (χ0v) is 7.92. The number of Topliss-reactive ketones (excluding diaryl/α,β-unsaturated/α-hetero) is 1. The van der Waals surface area contributed by atoms with Gasteiger partial charge in [0.05, 0.1) is 0 Å². The summed E-state index contributed by atoms with van der Waals surface area (Å²) in [6, 6.07) is 0. The standard InChI is InChI=1S/C10H16O2/c1-6(2)9(12)8-7(5-11)10(8,3)4/h7-8,11H,1,5H2,2-4H3/t7-,8+/m1/s1. The highest BCUT2D eigenvalue weighted by atomic mass is 16.3. The number of aliphatic hydroxyl groups is 1. The minimum Gasteiger partial charge on any atom is -0.396 e. The number of aliphatic hydroxyl groups excluding tert-OH is 1. The van der Waals surface area contributed by atoms with E-state index in [2.05, 4.69) is 6.58 Å². The molecule has 1 aliphatic carbocycles. The Balaban J connectivity index is 2.70. The summed E-state index contributed by atoms with van der Waals surface area (Å²) < 4.78 is 0. The second-order valence-electron chi connectivity index (χ2n) is 4.23. The molecule has 1 aliphatic rings. The van der Waals surface area contributed by atoms with Crippen molar-refractivity contribution in [1.29, 1.82) is 0 Å². The van der Waals surface area contributed by atoms with Crippen molar-refractivity contribution < 1.29 is 9.90 Å². The van der Waals surface area contributed by atoms with Crippen LogP contribution in [0.4, 0.5) is 0 Å². The smallest absolute Gasteiger partial charge is 0.161 e. The Bertz CT molecular complexity index is 228. The van der Waals surface area contributed by atoms with Crippen LogP contribution in [0.25, 0.3) is 0 Å². The van der Waals surface area contributed by atoms with Crippen LogP contribution >= 0.6 is 0 Å². The molecule has 2 atom stereocenters. The van der Waals surface area contributed by atoms with Gasteiger partial charge in [0.2, 0.25) is 0 Å². The van der Waals surface area contributed by atoms with E-state index in [1.807, 2.05) is 13.8 Å². The van der Waals surface area contributed by atoms with Gasteiger partial charge < -0.3 is 5.11 Å². The molecule has 0 bridgehead atoms. The summed E-state index contributed by atoms with van der Waals surface area (Å²) in [6.45, 7) is 9.48. The van der Waals surface area contributed by atoms with Gasteiger partial charge in [-0.25, -0.2) is 0 Å². The van der Waals surface area contributed by atoms with E-state index in [9.17, 15) is 4.79 Å². The summed E-state index contributed by atoms with van der Waals surface area (Å²) in [5.41, 5.74) is 0.578. The van der Waals surface area contributed by atoms with Gasteiger partial charge in [-0.2, -0.15) is 0 Å². The van der Waals surface area contributed by atoms with E-state index in [0.717, 1.165) is 0 Å². The minimum atomic E-state index is -0.0230. The zero-order chi connectivity index (χ0) is 9.52. The van der Waals surface area contributed by atoms with Gasteiger partial charge in [0.1, 0.15) is 0 Å². The maximum atomic E-state index is 11.5. The number of ketones is 1. The topological polar surface area (TPSA) is 37.3 Å². The van der Waals surface area contributed by atoms with Crippen LogP contribution in [-0.4, -0.2) is 17.5 Å². The van der Waals surface area contributed by atoms with Crippen LogP contribution in [0, 0.1) is 17.3 Å². The number of carbonyl (C=O) groups excluding carboxylic acids is 1. The first-order chi connectivity index (χ1) is 5.42. The largest absolute Gasteiger partial charge is 0.396 e. The van der Waals surface area contributed by atoms with Crippen molar-refractivity contribution in [3.63, 3.8) is 0 Å². The molecule has 0 aromatic carbocycles. The molecule has 68 valence electrons. The van der Waals surface area contributed by atoms with Crippen LogP contribution in [0.2, 0.25) is 0 Å². The fourth-order valence-electron chi connectivity index (χ4n) is 1.87. The Labute approximate surface area is 73.3 Å². The highest BCUT2D eigenvalue weighted by Crippen LogP contribution is 2.58. The van der Waals surface area contributed by atoms with E-state index < -0.39 is 0 Å². The Morgan fingerprint density at radius 2 is 2.08 bits per heavy atom. The fourth-order valence-corrected chi connectivity index (χ4v) is 1.87. The molecule has 0 unspecified atom stereocenters. The molecule has 1 saturated carbocycles. The van der Waals surface area contributed by atoms with Crippen molar-refractivity contribution in [2.75, 3.05) is 6.61 Å². The third kappa shape index (κ3) is 1.20. The van der Waals surface area contributed by atoms with E-state index in [0.29, 0.717) is 5.57 Å².